The number of carbonyl (C=O) groups excluding carboxylic acids is 1. The minimum Gasteiger partial charge on any atom is -0.297 e. The maximum absolute atomic E-state index is 12.2. The maximum atomic E-state index is 12.2. The van der Waals surface area contributed by atoms with Crippen LogP contribution in [0.2, 0.25) is 0 Å². The molecule has 0 saturated heterocycles. The molecular formula is C22H21NO. The Morgan fingerprint density at radius 2 is 1.54 bits per heavy atom. The molecule has 0 fully saturated rings. The van der Waals surface area contributed by atoms with Crippen molar-refractivity contribution >= 4 is 22.3 Å². The van der Waals surface area contributed by atoms with Crippen molar-refractivity contribution in [3.63, 3.8) is 0 Å². The van der Waals surface area contributed by atoms with Gasteiger partial charge >= 0.3 is 0 Å². The summed E-state index contributed by atoms with van der Waals surface area (Å²) in [5.41, 5.74) is 4.17. The summed E-state index contributed by atoms with van der Waals surface area (Å²) >= 11 is 0. The number of aliphatic imine (C=N–C) groups is 1. The first-order chi connectivity index (χ1) is 11.8. The van der Waals surface area contributed by atoms with E-state index in [9.17, 15) is 4.79 Å². The number of hydrogen-bond acceptors (Lipinski definition) is 2. The lowest BCUT2D eigenvalue weighted by molar-refractivity contribution is -0.117. The molecule has 0 unspecified atom stereocenters. The van der Waals surface area contributed by atoms with E-state index in [-0.39, 0.29) is 12.3 Å². The SMILES string of the molecule is CC.O=C1CN=C(c2ccccc2)c2ccc3ccccc3c2C1. The molecule has 24 heavy (non-hydrogen) atoms. The molecule has 120 valence electrons. The number of fused-ring (bicyclic) bond motifs is 3. The van der Waals surface area contributed by atoms with E-state index in [1.807, 2.05) is 56.3 Å². The Bertz CT molecular complexity index is 894. The largest absolute Gasteiger partial charge is 0.297 e. The highest BCUT2D eigenvalue weighted by Crippen LogP contribution is 2.27. The molecule has 3 aromatic carbocycles. The van der Waals surface area contributed by atoms with Crippen LogP contribution in [0.1, 0.15) is 30.5 Å². The van der Waals surface area contributed by atoms with Gasteiger partial charge in [-0.1, -0.05) is 80.6 Å². The van der Waals surface area contributed by atoms with Gasteiger partial charge in [0.15, 0.2) is 5.78 Å². The molecule has 2 nitrogen and oxygen atoms in total. The van der Waals surface area contributed by atoms with E-state index in [0.717, 1.165) is 27.8 Å². The van der Waals surface area contributed by atoms with Crippen LogP contribution < -0.4 is 0 Å². The van der Waals surface area contributed by atoms with Gasteiger partial charge in [-0.25, -0.2) is 0 Å². The van der Waals surface area contributed by atoms with E-state index < -0.39 is 0 Å². The zero-order valence-electron chi connectivity index (χ0n) is 14.1. The van der Waals surface area contributed by atoms with Crippen LogP contribution in [0, 0.1) is 0 Å². The van der Waals surface area contributed by atoms with Crippen LogP contribution in [-0.4, -0.2) is 18.0 Å². The summed E-state index contributed by atoms with van der Waals surface area (Å²) < 4.78 is 0. The fourth-order valence-electron chi connectivity index (χ4n) is 3.10. The molecule has 3 aromatic rings. The molecular weight excluding hydrogens is 294 g/mol. The lowest BCUT2D eigenvalue weighted by Gasteiger charge is -2.12. The molecule has 0 bridgehead atoms. The lowest BCUT2D eigenvalue weighted by Crippen LogP contribution is -2.06. The Kier molecular flexibility index (Phi) is 4.85. The third-order valence-electron chi connectivity index (χ3n) is 4.13. The highest BCUT2D eigenvalue weighted by Gasteiger charge is 2.20. The average Bonchev–Trinajstić information content (AvgIpc) is 2.82. The highest BCUT2D eigenvalue weighted by molar-refractivity contribution is 6.17. The molecule has 0 aromatic heterocycles. The summed E-state index contributed by atoms with van der Waals surface area (Å²) in [4.78, 5) is 16.7. The Balaban J connectivity index is 0.000000815. The van der Waals surface area contributed by atoms with Gasteiger partial charge in [0.1, 0.15) is 0 Å². The molecule has 4 rings (SSSR count). The first-order valence-electron chi connectivity index (χ1n) is 8.45. The van der Waals surface area contributed by atoms with Crippen LogP contribution in [0.5, 0.6) is 0 Å². The van der Waals surface area contributed by atoms with Gasteiger partial charge in [-0.05, 0) is 16.3 Å². The summed E-state index contributed by atoms with van der Waals surface area (Å²) in [7, 11) is 0. The van der Waals surface area contributed by atoms with Crippen molar-refractivity contribution in [1.29, 1.82) is 0 Å². The zero-order valence-corrected chi connectivity index (χ0v) is 14.1. The van der Waals surface area contributed by atoms with E-state index in [4.69, 9.17) is 0 Å². The topological polar surface area (TPSA) is 29.4 Å². The fraction of sp³-hybridized carbons (Fsp3) is 0.182. The second kappa shape index (κ2) is 7.22. The molecule has 0 aliphatic carbocycles. The summed E-state index contributed by atoms with van der Waals surface area (Å²) in [5.74, 6) is 0.170. The Labute approximate surface area is 142 Å². The molecule has 1 aliphatic rings. The molecule has 2 heteroatoms. The van der Waals surface area contributed by atoms with E-state index in [1.54, 1.807) is 0 Å². The summed E-state index contributed by atoms with van der Waals surface area (Å²) in [6.07, 6.45) is 0.455. The van der Waals surface area contributed by atoms with Crippen molar-refractivity contribution in [2.24, 2.45) is 4.99 Å². The molecule has 0 N–H and O–H groups in total. The van der Waals surface area contributed by atoms with Crippen molar-refractivity contribution in [3.05, 3.63) is 83.4 Å². The number of benzene rings is 3. The first-order valence-corrected chi connectivity index (χ1v) is 8.45. The van der Waals surface area contributed by atoms with E-state index >= 15 is 0 Å². The smallest absolute Gasteiger partial charge is 0.158 e. The number of rotatable bonds is 1. The molecule has 0 atom stereocenters. The van der Waals surface area contributed by atoms with E-state index in [0.29, 0.717) is 6.42 Å². The number of Topliss-reactive ketones (excluding diaryl/α,β-unsaturated/α-hetero) is 1. The van der Waals surface area contributed by atoms with Gasteiger partial charge in [-0.3, -0.25) is 9.79 Å². The van der Waals surface area contributed by atoms with Crippen molar-refractivity contribution in [1.82, 2.24) is 0 Å². The fourth-order valence-corrected chi connectivity index (χ4v) is 3.10. The minimum atomic E-state index is 0.170. The Morgan fingerprint density at radius 3 is 2.33 bits per heavy atom. The lowest BCUT2D eigenvalue weighted by atomic mass is 9.91. The number of nitrogens with zero attached hydrogens (tertiary/aromatic N) is 1. The summed E-state index contributed by atoms with van der Waals surface area (Å²) in [5, 5.41) is 2.32. The van der Waals surface area contributed by atoms with Crippen LogP contribution in [0.4, 0.5) is 0 Å². The third kappa shape index (κ3) is 3.00. The van der Waals surface area contributed by atoms with Crippen LogP contribution in [0.3, 0.4) is 0 Å². The first kappa shape index (κ1) is 16.1. The molecule has 0 amide bonds. The monoisotopic (exact) mass is 315 g/mol. The van der Waals surface area contributed by atoms with Crippen molar-refractivity contribution in [2.45, 2.75) is 20.3 Å². The quantitative estimate of drug-likeness (QED) is 0.632. The Morgan fingerprint density at radius 1 is 0.833 bits per heavy atom. The Hall–Kier alpha value is -2.74. The average molecular weight is 315 g/mol. The van der Waals surface area contributed by atoms with Gasteiger partial charge in [0.25, 0.3) is 0 Å². The normalized spacial score (nSPS) is 13.4. The van der Waals surface area contributed by atoms with Crippen LogP contribution in [-0.2, 0) is 11.2 Å². The van der Waals surface area contributed by atoms with Gasteiger partial charge in [-0.15, -0.1) is 0 Å². The van der Waals surface area contributed by atoms with Crippen molar-refractivity contribution in [2.75, 3.05) is 6.54 Å². The second-order valence-electron chi connectivity index (χ2n) is 5.56. The highest BCUT2D eigenvalue weighted by atomic mass is 16.1. The predicted octanol–water partition coefficient (Wildman–Crippen LogP) is 4.83. The molecule has 1 heterocycles. The minimum absolute atomic E-state index is 0.170. The number of ketones is 1. The zero-order chi connectivity index (χ0) is 16.9. The van der Waals surface area contributed by atoms with Crippen LogP contribution in [0.25, 0.3) is 10.8 Å². The van der Waals surface area contributed by atoms with Crippen molar-refractivity contribution in [3.8, 4) is 0 Å². The summed E-state index contributed by atoms with van der Waals surface area (Å²) in [6.45, 7) is 4.26. The van der Waals surface area contributed by atoms with E-state index in [1.165, 1.54) is 5.39 Å². The van der Waals surface area contributed by atoms with Gasteiger partial charge in [0, 0.05) is 17.5 Å². The standard InChI is InChI=1S/C20H15NO.C2H6/c22-16-12-19-17-9-5-4-6-14(17)10-11-18(19)20(21-13-16)15-7-2-1-3-8-15;1-2/h1-11H,12-13H2;1-2H3. The maximum Gasteiger partial charge on any atom is 0.158 e. The molecule has 0 spiro atoms. The number of hydrogen-bond donors (Lipinski definition) is 0. The summed E-state index contributed by atoms with van der Waals surface area (Å²) in [6, 6.07) is 22.5. The second-order valence-corrected chi connectivity index (χ2v) is 5.56. The van der Waals surface area contributed by atoms with Gasteiger partial charge in [0.2, 0.25) is 0 Å². The number of carbonyl (C=O) groups is 1. The third-order valence-corrected chi connectivity index (χ3v) is 4.13. The molecule has 0 saturated carbocycles. The van der Waals surface area contributed by atoms with Gasteiger partial charge in [-0.2, -0.15) is 0 Å². The molecule has 1 aliphatic heterocycles. The predicted molar refractivity (Wildman–Crippen MR) is 101 cm³/mol. The van der Waals surface area contributed by atoms with Gasteiger partial charge in [0.05, 0.1) is 12.3 Å². The van der Waals surface area contributed by atoms with Crippen molar-refractivity contribution < 1.29 is 4.79 Å². The van der Waals surface area contributed by atoms with Gasteiger partial charge < -0.3 is 0 Å². The van der Waals surface area contributed by atoms with Crippen LogP contribution in [0.15, 0.2) is 71.7 Å². The van der Waals surface area contributed by atoms with E-state index in [2.05, 4.69) is 29.3 Å². The van der Waals surface area contributed by atoms with Crippen LogP contribution >= 0.6 is 0 Å². The molecule has 0 radical (unpaired) electrons.